The van der Waals surface area contributed by atoms with Crippen LogP contribution in [0.4, 0.5) is 0 Å². The van der Waals surface area contributed by atoms with Gasteiger partial charge in [-0.15, -0.1) is 5.10 Å². The number of aryl methyl sites for hydroxylation is 2. The average Bonchev–Trinajstić information content (AvgIpc) is 3.05. The molecule has 7 heteroatoms. The molecule has 102 valence electrons. The number of carbonyl (C=O) groups is 1. The number of carbonyl (C=O) groups excluding carboxylic acids is 1. The minimum Gasteiger partial charge on any atom is -0.364 e. The van der Waals surface area contributed by atoms with Crippen molar-refractivity contribution in [2.24, 2.45) is 0 Å². The van der Waals surface area contributed by atoms with E-state index < -0.39 is 0 Å². The summed E-state index contributed by atoms with van der Waals surface area (Å²) in [6.45, 7) is 2.67. The van der Waals surface area contributed by atoms with Crippen molar-refractivity contribution >= 4 is 17.4 Å². The average molecular weight is 280 g/mol. The van der Waals surface area contributed by atoms with Gasteiger partial charge in [0.05, 0.1) is 11.9 Å². The smallest absolute Gasteiger partial charge is 0.264 e. The molecule has 0 atom stereocenters. The first kappa shape index (κ1) is 13.7. The molecule has 0 aliphatic heterocycles. The molecule has 19 heavy (non-hydrogen) atoms. The van der Waals surface area contributed by atoms with Gasteiger partial charge in [0, 0.05) is 12.1 Å². The van der Waals surface area contributed by atoms with E-state index in [1.807, 2.05) is 0 Å². The molecule has 0 fully saturated rings. The molecule has 0 bridgehead atoms. The Morgan fingerprint density at radius 2 is 2.37 bits per heavy atom. The molecule has 2 heterocycles. The summed E-state index contributed by atoms with van der Waals surface area (Å²) in [4.78, 5) is 12.6. The van der Waals surface area contributed by atoms with Gasteiger partial charge in [0.1, 0.15) is 11.1 Å². The Balaban J connectivity index is 1.76. The van der Waals surface area contributed by atoms with E-state index in [9.17, 15) is 4.79 Å². The highest BCUT2D eigenvalue weighted by Gasteiger charge is 2.14. The molecule has 0 aliphatic rings. The zero-order valence-electron chi connectivity index (χ0n) is 10.8. The van der Waals surface area contributed by atoms with Gasteiger partial charge in [-0.2, -0.15) is 0 Å². The molecule has 2 rings (SSSR count). The fourth-order valence-corrected chi connectivity index (χ4v) is 2.33. The normalized spacial score (nSPS) is 10.6. The molecule has 1 N–H and O–H groups in total. The number of hydrogen-bond acceptors (Lipinski definition) is 6. The largest absolute Gasteiger partial charge is 0.364 e. The SMILES string of the molecule is CCCc1nnsc1C(=O)NCCCc1cnoc1. The van der Waals surface area contributed by atoms with Gasteiger partial charge in [-0.3, -0.25) is 4.79 Å². The summed E-state index contributed by atoms with van der Waals surface area (Å²) in [5.74, 6) is -0.0798. The van der Waals surface area contributed by atoms with Gasteiger partial charge in [0.15, 0.2) is 0 Å². The van der Waals surface area contributed by atoms with Crippen LogP contribution < -0.4 is 5.32 Å². The Kier molecular flexibility index (Phi) is 5.02. The predicted molar refractivity (Wildman–Crippen MR) is 71.1 cm³/mol. The molecule has 6 nitrogen and oxygen atoms in total. The first-order valence-electron chi connectivity index (χ1n) is 6.29. The summed E-state index contributed by atoms with van der Waals surface area (Å²) >= 11 is 1.16. The summed E-state index contributed by atoms with van der Waals surface area (Å²) in [5.41, 5.74) is 1.84. The molecular weight excluding hydrogens is 264 g/mol. The standard InChI is InChI=1S/C12H16N4O2S/c1-2-4-10-11(19-16-15-10)12(17)13-6-3-5-9-7-14-18-8-9/h7-8H,2-6H2,1H3,(H,13,17). The molecule has 2 aromatic heterocycles. The van der Waals surface area contributed by atoms with Crippen molar-refractivity contribution in [3.63, 3.8) is 0 Å². The van der Waals surface area contributed by atoms with Crippen LogP contribution >= 0.6 is 11.5 Å². The highest BCUT2D eigenvalue weighted by atomic mass is 32.1. The number of rotatable bonds is 7. The molecular formula is C12H16N4O2S. The Bertz CT molecular complexity index is 510. The van der Waals surface area contributed by atoms with Crippen LogP contribution in [0.5, 0.6) is 0 Å². The van der Waals surface area contributed by atoms with Crippen molar-refractivity contribution in [3.8, 4) is 0 Å². The maximum atomic E-state index is 12.0. The van der Waals surface area contributed by atoms with Gasteiger partial charge >= 0.3 is 0 Å². The third-order valence-corrected chi connectivity index (χ3v) is 3.43. The molecule has 0 saturated carbocycles. The number of nitrogens with zero attached hydrogens (tertiary/aromatic N) is 3. The van der Waals surface area contributed by atoms with Gasteiger partial charge in [-0.05, 0) is 30.8 Å². The van der Waals surface area contributed by atoms with Crippen LogP contribution in [-0.2, 0) is 12.8 Å². The van der Waals surface area contributed by atoms with E-state index in [1.54, 1.807) is 12.5 Å². The van der Waals surface area contributed by atoms with E-state index in [0.29, 0.717) is 11.4 Å². The molecule has 0 radical (unpaired) electrons. The van der Waals surface area contributed by atoms with E-state index in [2.05, 4.69) is 27.0 Å². The second kappa shape index (κ2) is 6.98. The lowest BCUT2D eigenvalue weighted by Gasteiger charge is -2.03. The molecule has 2 aromatic rings. The first-order chi connectivity index (χ1) is 9.31. The van der Waals surface area contributed by atoms with Crippen molar-refractivity contribution in [2.75, 3.05) is 6.54 Å². The van der Waals surface area contributed by atoms with E-state index in [-0.39, 0.29) is 5.91 Å². The molecule has 0 aromatic carbocycles. The topological polar surface area (TPSA) is 80.9 Å². The Hall–Kier alpha value is -1.76. The van der Waals surface area contributed by atoms with Crippen LogP contribution in [0, 0.1) is 0 Å². The van der Waals surface area contributed by atoms with E-state index in [4.69, 9.17) is 4.52 Å². The third kappa shape index (κ3) is 3.85. The lowest BCUT2D eigenvalue weighted by Crippen LogP contribution is -2.24. The van der Waals surface area contributed by atoms with E-state index >= 15 is 0 Å². The monoisotopic (exact) mass is 280 g/mol. The number of amides is 1. The van der Waals surface area contributed by atoms with Gasteiger partial charge in [0.2, 0.25) is 0 Å². The number of nitrogens with one attached hydrogen (secondary N) is 1. The molecule has 0 spiro atoms. The summed E-state index contributed by atoms with van der Waals surface area (Å²) < 4.78 is 8.58. The lowest BCUT2D eigenvalue weighted by molar-refractivity contribution is 0.0956. The van der Waals surface area contributed by atoms with Crippen molar-refractivity contribution in [3.05, 3.63) is 28.6 Å². The van der Waals surface area contributed by atoms with Crippen molar-refractivity contribution < 1.29 is 9.32 Å². The highest BCUT2D eigenvalue weighted by Crippen LogP contribution is 2.12. The van der Waals surface area contributed by atoms with Crippen molar-refractivity contribution in [1.29, 1.82) is 0 Å². The Morgan fingerprint density at radius 3 is 3.11 bits per heavy atom. The Labute approximate surface area is 115 Å². The first-order valence-corrected chi connectivity index (χ1v) is 7.06. The predicted octanol–water partition coefficient (Wildman–Crippen LogP) is 1.84. The zero-order valence-corrected chi connectivity index (χ0v) is 11.6. The molecule has 1 amide bonds. The maximum absolute atomic E-state index is 12.0. The van der Waals surface area contributed by atoms with Gasteiger partial charge in [-0.1, -0.05) is 23.0 Å². The van der Waals surface area contributed by atoms with E-state index in [0.717, 1.165) is 48.5 Å². The third-order valence-electron chi connectivity index (χ3n) is 2.66. The van der Waals surface area contributed by atoms with Gasteiger partial charge in [-0.25, -0.2) is 0 Å². The van der Waals surface area contributed by atoms with Crippen molar-refractivity contribution in [2.45, 2.75) is 32.6 Å². The minimum atomic E-state index is -0.0798. The quantitative estimate of drug-likeness (QED) is 0.783. The number of hydrogen-bond donors (Lipinski definition) is 1. The van der Waals surface area contributed by atoms with E-state index in [1.165, 1.54) is 0 Å². The maximum Gasteiger partial charge on any atom is 0.264 e. The van der Waals surface area contributed by atoms with Gasteiger partial charge < -0.3 is 9.84 Å². The van der Waals surface area contributed by atoms with Crippen LogP contribution in [0.15, 0.2) is 17.0 Å². The fraction of sp³-hybridized carbons (Fsp3) is 0.500. The minimum absolute atomic E-state index is 0.0798. The molecule has 0 saturated heterocycles. The Morgan fingerprint density at radius 1 is 1.47 bits per heavy atom. The van der Waals surface area contributed by atoms with Crippen LogP contribution in [0.2, 0.25) is 0 Å². The second-order valence-corrected chi connectivity index (χ2v) is 4.95. The number of aromatic nitrogens is 3. The van der Waals surface area contributed by atoms with Gasteiger partial charge in [0.25, 0.3) is 5.91 Å². The van der Waals surface area contributed by atoms with Crippen molar-refractivity contribution in [1.82, 2.24) is 20.1 Å². The lowest BCUT2D eigenvalue weighted by atomic mass is 10.2. The summed E-state index contributed by atoms with van der Waals surface area (Å²) in [6.07, 6.45) is 6.75. The van der Waals surface area contributed by atoms with Crippen LogP contribution in [0.1, 0.15) is 40.7 Å². The van der Waals surface area contributed by atoms with Crippen LogP contribution in [0.25, 0.3) is 0 Å². The molecule has 0 unspecified atom stereocenters. The van der Waals surface area contributed by atoms with Crippen LogP contribution in [-0.4, -0.2) is 27.2 Å². The zero-order chi connectivity index (χ0) is 13.5. The summed E-state index contributed by atoms with van der Waals surface area (Å²) in [7, 11) is 0. The second-order valence-electron chi connectivity index (χ2n) is 4.19. The van der Waals surface area contributed by atoms with Crippen LogP contribution in [0.3, 0.4) is 0 Å². The molecule has 0 aliphatic carbocycles. The summed E-state index contributed by atoms with van der Waals surface area (Å²) in [6, 6.07) is 0. The highest BCUT2D eigenvalue weighted by molar-refractivity contribution is 7.08. The fourth-order valence-electron chi connectivity index (χ4n) is 1.71. The summed E-state index contributed by atoms with van der Waals surface area (Å²) in [5, 5.41) is 10.5.